The highest BCUT2D eigenvalue weighted by Crippen LogP contribution is 2.30. The van der Waals surface area contributed by atoms with Gasteiger partial charge in [-0.05, 0) is 30.5 Å². The van der Waals surface area contributed by atoms with E-state index in [9.17, 15) is 17.6 Å². The van der Waals surface area contributed by atoms with Crippen LogP contribution in [0.1, 0.15) is 12.5 Å². The van der Waals surface area contributed by atoms with Crippen LogP contribution >= 0.6 is 0 Å². The van der Waals surface area contributed by atoms with Gasteiger partial charge in [-0.3, -0.25) is 4.79 Å². The van der Waals surface area contributed by atoms with Crippen molar-refractivity contribution in [1.29, 1.82) is 0 Å². The lowest BCUT2D eigenvalue weighted by molar-refractivity contribution is -0.145. The molecule has 1 aliphatic rings. The molecule has 2 rings (SSSR count). The van der Waals surface area contributed by atoms with Crippen molar-refractivity contribution in [3.8, 4) is 0 Å². The SMILES string of the molecule is COC(=O)C1CN(S(=O)(=O)c2cc(C)ccc2F)CC1C. The minimum atomic E-state index is -3.95. The van der Waals surface area contributed by atoms with Gasteiger partial charge < -0.3 is 4.74 Å². The number of esters is 1. The van der Waals surface area contributed by atoms with Gasteiger partial charge in [0.25, 0.3) is 0 Å². The summed E-state index contributed by atoms with van der Waals surface area (Å²) in [6, 6.07) is 3.96. The number of nitrogens with zero attached hydrogens (tertiary/aromatic N) is 1. The van der Waals surface area contributed by atoms with Crippen molar-refractivity contribution in [1.82, 2.24) is 4.31 Å². The van der Waals surface area contributed by atoms with E-state index in [0.29, 0.717) is 5.56 Å². The first kappa shape index (κ1) is 15.9. The molecule has 1 fully saturated rings. The van der Waals surface area contributed by atoms with Gasteiger partial charge in [-0.2, -0.15) is 4.31 Å². The van der Waals surface area contributed by atoms with Gasteiger partial charge in [0.05, 0.1) is 13.0 Å². The van der Waals surface area contributed by atoms with Gasteiger partial charge in [-0.1, -0.05) is 13.0 Å². The van der Waals surface area contributed by atoms with E-state index < -0.39 is 27.7 Å². The van der Waals surface area contributed by atoms with Crippen LogP contribution in [0.2, 0.25) is 0 Å². The lowest BCUT2D eigenvalue weighted by Gasteiger charge is -2.17. The molecular weight excluding hydrogens is 297 g/mol. The molecule has 0 spiro atoms. The van der Waals surface area contributed by atoms with Crippen molar-refractivity contribution in [2.45, 2.75) is 18.7 Å². The summed E-state index contributed by atoms with van der Waals surface area (Å²) in [5, 5.41) is 0. The van der Waals surface area contributed by atoms with E-state index in [2.05, 4.69) is 4.74 Å². The van der Waals surface area contributed by atoms with Gasteiger partial charge in [-0.15, -0.1) is 0 Å². The van der Waals surface area contributed by atoms with Crippen LogP contribution in [0.4, 0.5) is 4.39 Å². The molecule has 116 valence electrons. The van der Waals surface area contributed by atoms with Crippen LogP contribution in [-0.2, 0) is 19.6 Å². The van der Waals surface area contributed by atoms with Crippen molar-refractivity contribution in [3.63, 3.8) is 0 Å². The highest BCUT2D eigenvalue weighted by atomic mass is 32.2. The zero-order valence-electron chi connectivity index (χ0n) is 12.2. The van der Waals surface area contributed by atoms with Crippen LogP contribution in [0.5, 0.6) is 0 Å². The predicted octanol–water partition coefficient (Wildman–Crippen LogP) is 1.56. The minimum absolute atomic E-state index is 0.0174. The molecule has 0 aliphatic carbocycles. The van der Waals surface area contributed by atoms with E-state index >= 15 is 0 Å². The van der Waals surface area contributed by atoms with Crippen molar-refractivity contribution in [2.75, 3.05) is 20.2 Å². The molecular formula is C14H18FNO4S. The van der Waals surface area contributed by atoms with Crippen LogP contribution in [0.25, 0.3) is 0 Å². The third kappa shape index (κ3) is 2.94. The van der Waals surface area contributed by atoms with Crippen molar-refractivity contribution < 1.29 is 22.3 Å². The Kier molecular flexibility index (Phi) is 4.34. The van der Waals surface area contributed by atoms with Crippen molar-refractivity contribution in [3.05, 3.63) is 29.6 Å². The Balaban J connectivity index is 2.33. The molecule has 0 saturated carbocycles. The van der Waals surface area contributed by atoms with E-state index in [1.165, 1.54) is 19.2 Å². The van der Waals surface area contributed by atoms with E-state index in [1.54, 1.807) is 13.8 Å². The topological polar surface area (TPSA) is 63.7 Å². The van der Waals surface area contributed by atoms with Crippen LogP contribution in [0.3, 0.4) is 0 Å². The zero-order chi connectivity index (χ0) is 15.8. The second kappa shape index (κ2) is 5.73. The van der Waals surface area contributed by atoms with Crippen molar-refractivity contribution >= 4 is 16.0 Å². The number of carbonyl (C=O) groups is 1. The number of aryl methyl sites for hydroxylation is 1. The van der Waals surface area contributed by atoms with E-state index in [1.807, 2.05) is 0 Å². The molecule has 5 nitrogen and oxygen atoms in total. The summed E-state index contributed by atoms with van der Waals surface area (Å²) in [4.78, 5) is 11.3. The molecule has 2 unspecified atom stereocenters. The summed E-state index contributed by atoms with van der Waals surface area (Å²) in [7, 11) is -2.68. The number of halogens is 1. The third-order valence-corrected chi connectivity index (χ3v) is 5.63. The van der Waals surface area contributed by atoms with Crippen molar-refractivity contribution in [2.24, 2.45) is 11.8 Å². The van der Waals surface area contributed by atoms with Gasteiger partial charge in [0, 0.05) is 13.1 Å². The Morgan fingerprint density at radius 2 is 2.05 bits per heavy atom. The maximum absolute atomic E-state index is 13.8. The fourth-order valence-corrected chi connectivity index (χ4v) is 4.24. The summed E-state index contributed by atoms with van der Waals surface area (Å²) in [5.74, 6) is -1.91. The van der Waals surface area contributed by atoms with Crippen LogP contribution in [0.15, 0.2) is 23.1 Å². The van der Waals surface area contributed by atoms with Crippen LogP contribution in [0, 0.1) is 24.6 Å². The monoisotopic (exact) mass is 315 g/mol. The quantitative estimate of drug-likeness (QED) is 0.794. The molecule has 2 atom stereocenters. The highest BCUT2D eigenvalue weighted by molar-refractivity contribution is 7.89. The summed E-state index contributed by atoms with van der Waals surface area (Å²) in [5.41, 5.74) is 0.659. The molecule has 0 N–H and O–H groups in total. The zero-order valence-corrected chi connectivity index (χ0v) is 13.0. The predicted molar refractivity (Wildman–Crippen MR) is 74.6 cm³/mol. The third-order valence-electron chi connectivity index (χ3n) is 3.79. The number of sulfonamides is 1. The van der Waals surface area contributed by atoms with E-state index in [0.717, 1.165) is 10.4 Å². The van der Waals surface area contributed by atoms with Gasteiger partial charge in [0.2, 0.25) is 10.0 Å². The molecule has 1 aromatic rings. The highest BCUT2D eigenvalue weighted by Gasteiger charge is 2.41. The molecule has 1 heterocycles. The van der Waals surface area contributed by atoms with Gasteiger partial charge in [0.1, 0.15) is 10.7 Å². The number of carbonyl (C=O) groups excluding carboxylic acids is 1. The Bertz CT molecular complexity index is 659. The second-order valence-corrected chi connectivity index (χ2v) is 7.27. The lowest BCUT2D eigenvalue weighted by Crippen LogP contribution is -2.31. The molecule has 0 aromatic heterocycles. The first-order valence-corrected chi connectivity index (χ1v) is 8.05. The Morgan fingerprint density at radius 1 is 1.38 bits per heavy atom. The first-order valence-electron chi connectivity index (χ1n) is 6.61. The van der Waals surface area contributed by atoms with Gasteiger partial charge in [0.15, 0.2) is 0 Å². The maximum Gasteiger partial charge on any atom is 0.310 e. The van der Waals surface area contributed by atoms with E-state index in [-0.39, 0.29) is 23.9 Å². The number of hydrogen-bond donors (Lipinski definition) is 0. The molecule has 1 aromatic carbocycles. The smallest absolute Gasteiger partial charge is 0.310 e. The van der Waals surface area contributed by atoms with E-state index in [4.69, 9.17) is 0 Å². The molecule has 0 radical (unpaired) electrons. The normalized spacial score (nSPS) is 23.2. The number of ether oxygens (including phenoxy) is 1. The Hall–Kier alpha value is -1.47. The number of rotatable bonds is 3. The number of hydrogen-bond acceptors (Lipinski definition) is 4. The largest absolute Gasteiger partial charge is 0.469 e. The standard InChI is InChI=1S/C14H18FNO4S/c1-9-4-5-12(15)13(6-9)21(18,19)16-7-10(2)11(8-16)14(17)20-3/h4-6,10-11H,7-8H2,1-3H3. The summed E-state index contributed by atoms with van der Waals surface area (Å²) >= 11 is 0. The summed E-state index contributed by atoms with van der Waals surface area (Å²) in [6.45, 7) is 3.67. The number of methoxy groups -OCH3 is 1. The first-order chi connectivity index (χ1) is 9.77. The average Bonchev–Trinajstić information content (AvgIpc) is 2.83. The molecule has 21 heavy (non-hydrogen) atoms. The van der Waals surface area contributed by atoms with Crippen LogP contribution < -0.4 is 0 Å². The average molecular weight is 315 g/mol. The maximum atomic E-state index is 13.8. The molecule has 0 bridgehead atoms. The van der Waals surface area contributed by atoms with Gasteiger partial charge in [-0.25, -0.2) is 12.8 Å². The molecule has 7 heteroatoms. The fourth-order valence-electron chi connectivity index (χ4n) is 2.52. The summed E-state index contributed by atoms with van der Waals surface area (Å²) in [6.07, 6.45) is 0. The molecule has 0 amide bonds. The second-order valence-electron chi connectivity index (χ2n) is 5.36. The molecule has 1 saturated heterocycles. The fraction of sp³-hybridized carbons (Fsp3) is 0.500. The van der Waals surface area contributed by atoms with Gasteiger partial charge >= 0.3 is 5.97 Å². The molecule has 1 aliphatic heterocycles. The van der Waals surface area contributed by atoms with Crippen LogP contribution in [-0.4, -0.2) is 38.9 Å². The lowest BCUT2D eigenvalue weighted by atomic mass is 9.99. The minimum Gasteiger partial charge on any atom is -0.469 e. The summed E-state index contributed by atoms with van der Waals surface area (Å²) < 4.78 is 44.8. The Morgan fingerprint density at radius 3 is 2.67 bits per heavy atom. The Labute approximate surface area is 123 Å². The number of benzene rings is 1.